The number of nitrogens with zero attached hydrogens (tertiary/aromatic N) is 5. The Kier molecular flexibility index (Phi) is 4.22. The van der Waals surface area contributed by atoms with Crippen molar-refractivity contribution in [3.05, 3.63) is 67.0 Å². The van der Waals surface area contributed by atoms with Gasteiger partial charge in [0.05, 0.1) is 22.1 Å². The van der Waals surface area contributed by atoms with Crippen molar-refractivity contribution >= 4 is 49.4 Å². The van der Waals surface area contributed by atoms with E-state index >= 15 is 0 Å². The second-order valence-electron chi connectivity index (χ2n) is 6.10. The average molecular weight is 402 g/mol. The van der Waals surface area contributed by atoms with Crippen molar-refractivity contribution in [2.45, 2.75) is 0 Å². The summed E-state index contributed by atoms with van der Waals surface area (Å²) in [6, 6.07) is 16.5. The van der Waals surface area contributed by atoms with Gasteiger partial charge in [-0.1, -0.05) is 28.7 Å². The van der Waals surface area contributed by atoms with E-state index in [-0.39, 0.29) is 0 Å². The smallest absolute Gasteiger partial charge is 0.307 e. The van der Waals surface area contributed by atoms with Gasteiger partial charge in [-0.15, -0.1) is 5.10 Å². The van der Waals surface area contributed by atoms with Crippen LogP contribution in [0.2, 0.25) is 0 Å². The van der Waals surface area contributed by atoms with Crippen LogP contribution >= 0.6 is 11.3 Å². The number of pyridine rings is 1. The minimum absolute atomic E-state index is 0.402. The third kappa shape index (κ3) is 3.44. The first-order valence-electron chi connectivity index (χ1n) is 8.71. The molecule has 9 nitrogen and oxygen atoms in total. The maximum absolute atomic E-state index is 12.1. The first kappa shape index (κ1) is 17.1. The van der Waals surface area contributed by atoms with E-state index in [2.05, 4.69) is 36.4 Å². The molecule has 0 spiro atoms. The normalized spacial score (nSPS) is 10.9. The average Bonchev–Trinajstić information content (AvgIpc) is 3.37. The van der Waals surface area contributed by atoms with Crippen LogP contribution in [0.3, 0.4) is 0 Å². The van der Waals surface area contributed by atoms with E-state index < -0.39 is 6.03 Å². The number of amides is 2. The van der Waals surface area contributed by atoms with Crippen molar-refractivity contribution in [1.29, 1.82) is 0 Å². The van der Waals surface area contributed by atoms with E-state index in [1.165, 1.54) is 11.3 Å². The molecule has 0 aliphatic rings. The molecule has 0 saturated carbocycles. The molecule has 0 unspecified atom stereocenters. The Morgan fingerprint density at radius 2 is 1.86 bits per heavy atom. The van der Waals surface area contributed by atoms with E-state index in [1.54, 1.807) is 29.2 Å². The summed E-state index contributed by atoms with van der Waals surface area (Å²) in [6.07, 6.45) is 3.38. The van der Waals surface area contributed by atoms with E-state index in [9.17, 15) is 4.79 Å². The summed E-state index contributed by atoms with van der Waals surface area (Å²) in [5.74, 6) is 0. The Bertz CT molecular complexity index is 1280. The van der Waals surface area contributed by atoms with Crippen LogP contribution in [0.4, 0.5) is 15.6 Å². The number of aromatic nitrogens is 5. The minimum atomic E-state index is -0.402. The topological polar surface area (TPSA) is 110 Å². The third-order valence-electron chi connectivity index (χ3n) is 4.19. The lowest BCUT2D eigenvalue weighted by molar-refractivity contribution is 0.254. The largest absolute Gasteiger partial charge is 0.337 e. The standard InChI is InChI=1S/C19H14N8OS/c28-18(24-25-19-22-15-11-20-10-9-17(15)29-19)21-12-5-7-13(8-6-12)27-16-4-2-1-3-14(16)23-26-27/h1-11H,(H,22,25)(H2,21,24,28). The third-order valence-corrected chi connectivity index (χ3v) is 5.15. The number of hydrazine groups is 1. The monoisotopic (exact) mass is 402 g/mol. The molecule has 142 valence electrons. The van der Waals surface area contributed by atoms with Gasteiger partial charge < -0.3 is 5.32 Å². The zero-order chi connectivity index (χ0) is 19.6. The highest BCUT2D eigenvalue weighted by molar-refractivity contribution is 7.22. The summed E-state index contributed by atoms with van der Waals surface area (Å²) in [5.41, 5.74) is 9.39. The summed E-state index contributed by atoms with van der Waals surface area (Å²) in [5, 5.41) is 11.7. The van der Waals surface area contributed by atoms with Crippen molar-refractivity contribution in [1.82, 2.24) is 30.4 Å². The molecule has 5 aromatic rings. The maximum atomic E-state index is 12.1. The molecule has 3 aromatic heterocycles. The predicted molar refractivity (Wildman–Crippen MR) is 112 cm³/mol. The Balaban J connectivity index is 1.24. The van der Waals surface area contributed by atoms with Gasteiger partial charge in [0.15, 0.2) is 0 Å². The fourth-order valence-corrected chi connectivity index (χ4v) is 3.64. The van der Waals surface area contributed by atoms with Gasteiger partial charge >= 0.3 is 6.03 Å². The Morgan fingerprint density at radius 1 is 1.00 bits per heavy atom. The number of thiazole rings is 1. The number of anilines is 2. The fourth-order valence-electron chi connectivity index (χ4n) is 2.85. The molecule has 2 amide bonds. The molecule has 0 aliphatic heterocycles. The van der Waals surface area contributed by atoms with Crippen molar-refractivity contribution in [2.75, 3.05) is 10.7 Å². The molecule has 3 N–H and O–H groups in total. The molecule has 0 atom stereocenters. The molecule has 5 rings (SSSR count). The van der Waals surface area contributed by atoms with Gasteiger partial charge in [0.1, 0.15) is 11.0 Å². The van der Waals surface area contributed by atoms with Crippen molar-refractivity contribution < 1.29 is 4.79 Å². The highest BCUT2D eigenvalue weighted by Gasteiger charge is 2.08. The quantitative estimate of drug-likeness (QED) is 0.397. The van der Waals surface area contributed by atoms with Crippen LogP contribution < -0.4 is 16.2 Å². The number of carbonyl (C=O) groups excluding carboxylic acids is 1. The molecule has 2 aromatic carbocycles. The number of fused-ring (bicyclic) bond motifs is 2. The lowest BCUT2D eigenvalue weighted by Gasteiger charge is -2.08. The molecule has 0 aliphatic carbocycles. The maximum Gasteiger partial charge on any atom is 0.337 e. The summed E-state index contributed by atoms with van der Waals surface area (Å²) in [4.78, 5) is 20.5. The minimum Gasteiger partial charge on any atom is -0.307 e. The Morgan fingerprint density at radius 3 is 2.72 bits per heavy atom. The number of para-hydroxylation sites is 1. The van der Waals surface area contributed by atoms with Crippen LogP contribution in [0.1, 0.15) is 0 Å². The van der Waals surface area contributed by atoms with Gasteiger partial charge in [0, 0.05) is 11.9 Å². The zero-order valence-electron chi connectivity index (χ0n) is 14.9. The van der Waals surface area contributed by atoms with Crippen LogP contribution in [-0.4, -0.2) is 31.0 Å². The molecule has 0 fully saturated rings. The van der Waals surface area contributed by atoms with Gasteiger partial charge in [-0.2, -0.15) is 0 Å². The Labute approximate surface area is 168 Å². The van der Waals surface area contributed by atoms with Crippen molar-refractivity contribution in [2.24, 2.45) is 0 Å². The number of nitrogens with one attached hydrogen (secondary N) is 3. The number of urea groups is 1. The highest BCUT2D eigenvalue weighted by Crippen LogP contribution is 2.24. The number of benzene rings is 2. The van der Waals surface area contributed by atoms with Crippen LogP contribution in [0, 0.1) is 0 Å². The van der Waals surface area contributed by atoms with Gasteiger partial charge in [-0.3, -0.25) is 10.4 Å². The molecular weight excluding hydrogens is 388 g/mol. The van der Waals surface area contributed by atoms with Crippen molar-refractivity contribution in [3.8, 4) is 5.69 Å². The van der Waals surface area contributed by atoms with E-state index in [0.717, 1.165) is 26.9 Å². The molecule has 3 heterocycles. The highest BCUT2D eigenvalue weighted by atomic mass is 32.1. The van der Waals surface area contributed by atoms with Crippen LogP contribution in [-0.2, 0) is 0 Å². The summed E-state index contributed by atoms with van der Waals surface area (Å²) in [6.45, 7) is 0. The molecule has 0 bridgehead atoms. The van der Waals surface area contributed by atoms with Gasteiger partial charge in [-0.05, 0) is 42.5 Å². The van der Waals surface area contributed by atoms with Crippen LogP contribution in [0.25, 0.3) is 26.9 Å². The van der Waals surface area contributed by atoms with E-state index in [1.807, 2.05) is 42.5 Å². The van der Waals surface area contributed by atoms with Crippen molar-refractivity contribution in [3.63, 3.8) is 0 Å². The second-order valence-corrected chi connectivity index (χ2v) is 7.13. The lowest BCUT2D eigenvalue weighted by Crippen LogP contribution is -2.33. The van der Waals surface area contributed by atoms with Crippen LogP contribution in [0.15, 0.2) is 67.0 Å². The summed E-state index contributed by atoms with van der Waals surface area (Å²) < 4.78 is 2.74. The Hall–Kier alpha value is -4.05. The van der Waals surface area contributed by atoms with E-state index in [0.29, 0.717) is 10.8 Å². The van der Waals surface area contributed by atoms with Gasteiger partial charge in [0.2, 0.25) is 5.13 Å². The summed E-state index contributed by atoms with van der Waals surface area (Å²) in [7, 11) is 0. The predicted octanol–water partition coefficient (Wildman–Crippen LogP) is 3.57. The van der Waals surface area contributed by atoms with Gasteiger partial charge in [0.25, 0.3) is 0 Å². The molecule has 0 saturated heterocycles. The van der Waals surface area contributed by atoms with E-state index in [4.69, 9.17) is 0 Å². The number of rotatable bonds is 4. The zero-order valence-corrected chi connectivity index (χ0v) is 15.7. The van der Waals surface area contributed by atoms with Crippen LogP contribution in [0.5, 0.6) is 0 Å². The molecule has 0 radical (unpaired) electrons. The number of hydrogen-bond acceptors (Lipinski definition) is 7. The lowest BCUT2D eigenvalue weighted by atomic mass is 10.2. The number of hydrogen-bond donors (Lipinski definition) is 3. The van der Waals surface area contributed by atoms with Gasteiger partial charge in [-0.25, -0.2) is 19.9 Å². The second kappa shape index (κ2) is 7.17. The molecule has 10 heteroatoms. The first-order chi connectivity index (χ1) is 14.3. The fraction of sp³-hybridized carbons (Fsp3) is 0. The molecule has 29 heavy (non-hydrogen) atoms. The summed E-state index contributed by atoms with van der Waals surface area (Å²) >= 11 is 1.43. The first-order valence-corrected chi connectivity index (χ1v) is 9.52. The number of carbonyl (C=O) groups is 1. The molecular formula is C19H14N8OS. The SMILES string of the molecule is O=C(NNc1nc2cnccc2s1)Nc1ccc(-n2nnc3ccccc32)cc1.